The molecule has 0 fully saturated rings. The first-order chi connectivity index (χ1) is 21.6. The molecule has 3 aromatic rings. The van der Waals surface area contributed by atoms with Crippen molar-refractivity contribution >= 4 is 17.7 Å². The van der Waals surface area contributed by atoms with Crippen molar-refractivity contribution in [1.82, 2.24) is 20.6 Å². The van der Waals surface area contributed by atoms with Gasteiger partial charge >= 0.3 is 6.03 Å². The number of anilines is 1. The maximum atomic E-state index is 13.3. The zero-order valence-corrected chi connectivity index (χ0v) is 27.8. The monoisotopic (exact) mass is 639 g/mol. The molecule has 13 heteroatoms. The van der Waals surface area contributed by atoms with Crippen LogP contribution in [-0.2, 0) is 12.0 Å². The first kappa shape index (κ1) is 37.7. The molecule has 12 nitrogen and oxygen atoms in total. The topological polar surface area (TPSA) is 199 Å². The fourth-order valence-corrected chi connectivity index (χ4v) is 3.91. The molecule has 0 bridgehead atoms. The van der Waals surface area contributed by atoms with Crippen LogP contribution in [0.25, 0.3) is 11.1 Å². The van der Waals surface area contributed by atoms with Crippen molar-refractivity contribution in [2.75, 3.05) is 31.6 Å². The molecule has 0 unspecified atom stereocenters. The predicted octanol–water partition coefficient (Wildman–Crippen LogP) is 3.96. The smallest absolute Gasteiger partial charge is 0.319 e. The molecular weight excluding hydrogens is 589 g/mol. The summed E-state index contributed by atoms with van der Waals surface area (Å²) in [7, 11) is 0. The Bertz CT molecular complexity index is 1470. The van der Waals surface area contributed by atoms with Crippen molar-refractivity contribution in [2.45, 2.75) is 71.9 Å². The van der Waals surface area contributed by atoms with Crippen LogP contribution in [0.15, 0.2) is 58.4 Å². The molecule has 252 valence electrons. The summed E-state index contributed by atoms with van der Waals surface area (Å²) in [6.45, 7) is 14.7. The van der Waals surface area contributed by atoms with Gasteiger partial charge in [-0.3, -0.25) is 9.79 Å². The minimum absolute atomic E-state index is 0.115. The highest BCUT2D eigenvalue weighted by atomic mass is 19.1. The predicted molar refractivity (Wildman–Crippen MR) is 183 cm³/mol. The third-order valence-electron chi connectivity index (χ3n) is 6.19. The van der Waals surface area contributed by atoms with Crippen molar-refractivity contribution in [3.8, 4) is 16.9 Å². The van der Waals surface area contributed by atoms with E-state index in [1.165, 1.54) is 18.2 Å². The van der Waals surface area contributed by atoms with Crippen LogP contribution < -0.4 is 43.4 Å². The Balaban J connectivity index is 0.000000332. The molecule has 10 N–H and O–H groups in total. The molecule has 0 aliphatic carbocycles. The summed E-state index contributed by atoms with van der Waals surface area (Å²) in [5.74, 6) is 0.791. The van der Waals surface area contributed by atoms with Crippen molar-refractivity contribution in [3.63, 3.8) is 0 Å². The molecule has 0 aliphatic heterocycles. The number of hydrogen-bond acceptors (Lipinski definition) is 7. The molecule has 1 aromatic heterocycles. The molecule has 0 saturated carbocycles. The molecule has 0 radical (unpaired) electrons. The Labute approximate surface area is 270 Å². The maximum absolute atomic E-state index is 13.3. The van der Waals surface area contributed by atoms with Gasteiger partial charge in [0.05, 0.1) is 17.9 Å². The Morgan fingerprint density at radius 3 is 2.33 bits per heavy atom. The number of benzene rings is 2. The largest absolute Gasteiger partial charge is 0.491 e. The van der Waals surface area contributed by atoms with E-state index in [0.29, 0.717) is 48.9 Å². The average molecular weight is 640 g/mol. The summed E-state index contributed by atoms with van der Waals surface area (Å²) in [5, 5.41) is 8.66. The second kappa shape index (κ2) is 17.9. The van der Waals surface area contributed by atoms with E-state index in [2.05, 4.69) is 30.9 Å². The molecule has 1 heterocycles. The van der Waals surface area contributed by atoms with Gasteiger partial charge < -0.3 is 42.9 Å². The number of amides is 2. The number of nitrogens with zero attached hydrogens (tertiary/aromatic N) is 2. The van der Waals surface area contributed by atoms with Gasteiger partial charge in [-0.25, -0.2) is 14.2 Å². The molecule has 0 saturated heterocycles. The quantitative estimate of drug-likeness (QED) is 0.0877. The van der Waals surface area contributed by atoms with Gasteiger partial charge in [-0.1, -0.05) is 45.0 Å². The number of urea groups is 1. The van der Waals surface area contributed by atoms with Crippen molar-refractivity contribution in [1.29, 1.82) is 0 Å². The molecule has 0 aliphatic rings. The highest BCUT2D eigenvalue weighted by Gasteiger charge is 2.18. The minimum Gasteiger partial charge on any atom is -0.491 e. The zero-order valence-electron chi connectivity index (χ0n) is 27.8. The van der Waals surface area contributed by atoms with Crippen LogP contribution in [0, 0.1) is 5.82 Å². The molecule has 2 aromatic carbocycles. The molecule has 3 rings (SSSR count). The zero-order chi connectivity index (χ0) is 34.3. The van der Waals surface area contributed by atoms with Gasteiger partial charge in [-0.05, 0) is 70.0 Å². The fourth-order valence-electron chi connectivity index (χ4n) is 3.91. The highest BCUT2D eigenvalue weighted by Crippen LogP contribution is 2.25. The van der Waals surface area contributed by atoms with Gasteiger partial charge in [0.1, 0.15) is 17.4 Å². The summed E-state index contributed by atoms with van der Waals surface area (Å²) in [6, 6.07) is 11.5. The molecule has 2 amide bonds. The van der Waals surface area contributed by atoms with Crippen LogP contribution in [0.3, 0.4) is 0 Å². The summed E-state index contributed by atoms with van der Waals surface area (Å²) in [5.41, 5.74) is 18.1. The molecular formula is C33H50FN9O3. The minimum atomic E-state index is -0.442. The summed E-state index contributed by atoms with van der Waals surface area (Å²) in [4.78, 5) is 35.4. The average Bonchev–Trinajstić information content (AvgIpc) is 2.95. The van der Waals surface area contributed by atoms with Gasteiger partial charge in [-0.2, -0.15) is 0 Å². The number of nitrogens with one attached hydrogen (secondary N) is 4. The highest BCUT2D eigenvalue weighted by molar-refractivity contribution is 5.91. The molecule has 0 spiro atoms. The number of nitrogens with two attached hydrogens (primary N) is 3. The van der Waals surface area contributed by atoms with Crippen molar-refractivity contribution in [3.05, 3.63) is 76.2 Å². The number of hydrogen-bond donors (Lipinski definition) is 7. The summed E-state index contributed by atoms with van der Waals surface area (Å²) in [6.07, 6.45) is 3.21. The van der Waals surface area contributed by atoms with E-state index < -0.39 is 11.8 Å². The molecule has 46 heavy (non-hydrogen) atoms. The summed E-state index contributed by atoms with van der Waals surface area (Å²) >= 11 is 0. The van der Waals surface area contributed by atoms with E-state index in [0.717, 1.165) is 30.6 Å². The van der Waals surface area contributed by atoms with Crippen molar-refractivity contribution in [2.24, 2.45) is 22.2 Å². The van der Waals surface area contributed by atoms with E-state index in [9.17, 15) is 14.0 Å². The van der Waals surface area contributed by atoms with Crippen LogP contribution in [0.4, 0.5) is 14.9 Å². The number of rotatable bonds is 12. The lowest BCUT2D eigenvalue weighted by atomic mass is 9.95. The Morgan fingerprint density at radius 1 is 1.04 bits per heavy atom. The van der Waals surface area contributed by atoms with Crippen LogP contribution in [0.1, 0.15) is 65.8 Å². The first-order valence-electron chi connectivity index (χ1n) is 15.3. The first-order valence-corrected chi connectivity index (χ1v) is 15.3. The normalized spacial score (nSPS) is 11.2. The van der Waals surface area contributed by atoms with E-state index in [-0.39, 0.29) is 22.5 Å². The second-order valence-corrected chi connectivity index (χ2v) is 12.7. The summed E-state index contributed by atoms with van der Waals surface area (Å²) < 4.78 is 18.8. The number of halogens is 1. The third-order valence-corrected chi connectivity index (χ3v) is 6.19. The maximum Gasteiger partial charge on any atom is 0.319 e. The van der Waals surface area contributed by atoms with Gasteiger partial charge in [-0.15, -0.1) is 0 Å². The van der Waals surface area contributed by atoms with Gasteiger partial charge in [0, 0.05) is 36.3 Å². The lowest BCUT2D eigenvalue weighted by molar-refractivity contribution is 0.243. The van der Waals surface area contributed by atoms with Crippen molar-refractivity contribution < 1.29 is 13.9 Å². The lowest BCUT2D eigenvalue weighted by Gasteiger charge is -2.21. The fraction of sp³-hybridized carbons (Fsp3) is 0.455. The van der Waals surface area contributed by atoms with Gasteiger partial charge in [0.2, 0.25) is 0 Å². The van der Waals surface area contributed by atoms with E-state index in [4.69, 9.17) is 21.9 Å². The van der Waals surface area contributed by atoms with Crippen LogP contribution in [0.5, 0.6) is 5.75 Å². The molecule has 0 atom stereocenters. The number of guanidine groups is 1. The lowest BCUT2D eigenvalue weighted by Crippen LogP contribution is -2.43. The Hall–Kier alpha value is -4.49. The number of aliphatic imine (C=N–C) groups is 1. The van der Waals surface area contributed by atoms with E-state index in [1.807, 2.05) is 65.8 Å². The van der Waals surface area contributed by atoms with E-state index >= 15 is 0 Å². The SMILES string of the molecule is CC(C)(C)NC(=O)Nc1cc(F)ccc1OCCCN.CC(C)(C)c1ncc(-c2ccc(CNCCCN=C(N)N)cc2)c(=O)[nH]1. The number of carbonyl (C=O) groups is 1. The number of aromatic amines is 1. The second-order valence-electron chi connectivity index (χ2n) is 12.7. The Morgan fingerprint density at radius 2 is 1.74 bits per heavy atom. The van der Waals surface area contributed by atoms with Crippen LogP contribution >= 0.6 is 0 Å². The van der Waals surface area contributed by atoms with Gasteiger partial charge in [0.25, 0.3) is 5.56 Å². The number of H-pyrrole nitrogens is 1. The number of ether oxygens (including phenoxy) is 1. The standard InChI is InChI=1S/C19H28N6O.C14H22FN3O2/c1-19(2,3)17-24-12-15(16(26)25-17)14-7-5-13(6-8-14)11-22-9-4-10-23-18(20)21;1-14(2,3)18-13(19)17-11-9-10(15)5-6-12(11)20-8-4-7-16/h5-8,12,22H,4,9-11H2,1-3H3,(H4,20,21,23)(H,24,25,26);5-6,9H,4,7-8,16H2,1-3H3,(H2,17,18,19). The van der Waals surface area contributed by atoms with Gasteiger partial charge in [0.15, 0.2) is 5.96 Å². The third kappa shape index (κ3) is 14.1. The van der Waals surface area contributed by atoms with Crippen LogP contribution in [0.2, 0.25) is 0 Å². The number of aromatic nitrogens is 2. The van der Waals surface area contributed by atoms with E-state index in [1.54, 1.807) is 6.20 Å². The number of carbonyl (C=O) groups excluding carboxylic acids is 1. The Kier molecular flexibility index (Phi) is 14.6. The van der Waals surface area contributed by atoms with Crippen LogP contribution in [-0.4, -0.2) is 53.7 Å².